The fourth-order valence-corrected chi connectivity index (χ4v) is 3.38. The van der Waals surface area contributed by atoms with Gasteiger partial charge < -0.3 is 5.32 Å². The molecule has 1 aliphatic rings. The van der Waals surface area contributed by atoms with Gasteiger partial charge in [-0.25, -0.2) is 0 Å². The lowest BCUT2D eigenvalue weighted by atomic mass is 10.1. The summed E-state index contributed by atoms with van der Waals surface area (Å²) in [6.07, 6.45) is 2.17. The van der Waals surface area contributed by atoms with Gasteiger partial charge in [-0.3, -0.25) is 15.0 Å². The van der Waals surface area contributed by atoms with E-state index in [0.717, 1.165) is 38.2 Å². The number of nitrogens with one attached hydrogen (secondary N) is 1. The number of benzene rings is 1. The average Bonchev–Trinajstić information content (AvgIpc) is 2.73. The molecule has 2 rings (SSSR count). The van der Waals surface area contributed by atoms with Gasteiger partial charge in [0.05, 0.1) is 4.92 Å². The predicted octanol–water partition coefficient (Wildman–Crippen LogP) is 3.36. The van der Waals surface area contributed by atoms with Crippen LogP contribution in [0, 0.1) is 10.1 Å². The number of nitrogens with zero attached hydrogens (tertiary/aromatic N) is 2. The molecular weight excluding hydrogens is 286 g/mol. The summed E-state index contributed by atoms with van der Waals surface area (Å²) in [5, 5.41) is 14.3. The van der Waals surface area contributed by atoms with Gasteiger partial charge in [0.15, 0.2) is 0 Å². The van der Waals surface area contributed by atoms with E-state index in [0.29, 0.717) is 5.69 Å². The van der Waals surface area contributed by atoms with Gasteiger partial charge in [0.2, 0.25) is 0 Å². The fraction of sp³-hybridized carbons (Fsp3) is 0.600. The number of rotatable bonds is 6. The van der Waals surface area contributed by atoms with Crippen LogP contribution in [0.2, 0.25) is 0 Å². The van der Waals surface area contributed by atoms with Crippen molar-refractivity contribution in [2.45, 2.75) is 26.3 Å². The molecule has 0 amide bonds. The molecule has 0 spiro atoms. The molecule has 6 heteroatoms. The lowest BCUT2D eigenvalue weighted by Crippen LogP contribution is -2.25. The highest BCUT2D eigenvalue weighted by molar-refractivity contribution is 7.99. The van der Waals surface area contributed by atoms with Crippen LogP contribution in [0.1, 0.15) is 25.3 Å². The molecule has 0 unspecified atom stereocenters. The summed E-state index contributed by atoms with van der Waals surface area (Å²) in [7, 11) is 0. The Bertz CT molecular complexity index is 474. The topological polar surface area (TPSA) is 58.4 Å². The van der Waals surface area contributed by atoms with Crippen molar-refractivity contribution in [2.24, 2.45) is 0 Å². The van der Waals surface area contributed by atoms with Gasteiger partial charge in [0, 0.05) is 31.5 Å². The first-order chi connectivity index (χ1) is 10.2. The third-order valence-electron chi connectivity index (χ3n) is 3.54. The second kappa shape index (κ2) is 8.24. The van der Waals surface area contributed by atoms with Gasteiger partial charge in [-0.15, -0.1) is 0 Å². The third-order valence-corrected chi connectivity index (χ3v) is 4.59. The molecule has 1 saturated heterocycles. The van der Waals surface area contributed by atoms with Gasteiger partial charge in [-0.2, -0.15) is 11.8 Å². The highest BCUT2D eigenvalue weighted by atomic mass is 32.2. The molecule has 116 valence electrons. The molecule has 0 aliphatic carbocycles. The SMILES string of the molecule is CCCNc1cc(CN2CCCSCC2)ccc1[N+](=O)[O-]. The normalized spacial score (nSPS) is 16.4. The molecule has 1 heterocycles. The summed E-state index contributed by atoms with van der Waals surface area (Å²) in [6.45, 7) is 5.89. The Morgan fingerprint density at radius 3 is 3.00 bits per heavy atom. The van der Waals surface area contributed by atoms with Crippen LogP contribution in [0.25, 0.3) is 0 Å². The van der Waals surface area contributed by atoms with Crippen molar-refractivity contribution in [3.63, 3.8) is 0 Å². The van der Waals surface area contributed by atoms with Crippen molar-refractivity contribution in [2.75, 3.05) is 36.5 Å². The number of thioether (sulfide) groups is 1. The second-order valence-electron chi connectivity index (χ2n) is 5.28. The van der Waals surface area contributed by atoms with E-state index in [2.05, 4.69) is 17.1 Å². The van der Waals surface area contributed by atoms with E-state index in [1.807, 2.05) is 23.9 Å². The summed E-state index contributed by atoms with van der Waals surface area (Å²) < 4.78 is 0. The molecule has 0 radical (unpaired) electrons. The van der Waals surface area contributed by atoms with Crippen molar-refractivity contribution in [3.8, 4) is 0 Å². The number of nitro groups is 1. The van der Waals surface area contributed by atoms with Crippen molar-refractivity contribution in [3.05, 3.63) is 33.9 Å². The Kier molecular flexibility index (Phi) is 6.32. The van der Waals surface area contributed by atoms with Gasteiger partial charge in [0.25, 0.3) is 5.69 Å². The second-order valence-corrected chi connectivity index (χ2v) is 6.50. The van der Waals surface area contributed by atoms with Crippen LogP contribution in [0.3, 0.4) is 0 Å². The molecule has 0 atom stereocenters. The third kappa shape index (κ3) is 4.89. The predicted molar refractivity (Wildman–Crippen MR) is 89.1 cm³/mol. The first-order valence-corrected chi connectivity index (χ1v) is 8.67. The van der Waals surface area contributed by atoms with Crippen molar-refractivity contribution >= 4 is 23.1 Å². The minimum atomic E-state index is -0.315. The Morgan fingerprint density at radius 1 is 1.38 bits per heavy atom. The standard InChI is InChI=1S/C15H23N3O2S/c1-2-6-16-14-11-13(4-5-15(14)18(19)20)12-17-7-3-9-21-10-8-17/h4-5,11,16H,2-3,6-10,12H2,1H3. The monoisotopic (exact) mass is 309 g/mol. The summed E-state index contributed by atoms with van der Waals surface area (Å²) in [5.41, 5.74) is 1.95. The minimum Gasteiger partial charge on any atom is -0.379 e. The maximum absolute atomic E-state index is 11.1. The highest BCUT2D eigenvalue weighted by Gasteiger charge is 2.15. The Balaban J connectivity index is 2.10. The van der Waals surface area contributed by atoms with Gasteiger partial charge >= 0.3 is 0 Å². The Labute approximate surface area is 130 Å². The molecule has 21 heavy (non-hydrogen) atoms. The molecule has 1 aromatic rings. The zero-order chi connectivity index (χ0) is 15.1. The van der Waals surface area contributed by atoms with E-state index >= 15 is 0 Å². The lowest BCUT2D eigenvalue weighted by molar-refractivity contribution is -0.384. The van der Waals surface area contributed by atoms with E-state index < -0.39 is 0 Å². The Hall–Kier alpha value is -1.27. The molecule has 5 nitrogen and oxygen atoms in total. The van der Waals surface area contributed by atoms with E-state index in [1.54, 1.807) is 6.07 Å². The summed E-state index contributed by atoms with van der Waals surface area (Å²) >= 11 is 2.01. The van der Waals surface area contributed by atoms with Crippen LogP contribution >= 0.6 is 11.8 Å². The molecule has 0 bridgehead atoms. The number of nitro benzene ring substituents is 1. The van der Waals surface area contributed by atoms with E-state index in [1.165, 1.54) is 17.9 Å². The quantitative estimate of drug-likeness (QED) is 0.645. The van der Waals surface area contributed by atoms with Crippen LogP contribution in [0.15, 0.2) is 18.2 Å². The van der Waals surface area contributed by atoms with E-state index in [-0.39, 0.29) is 10.6 Å². The lowest BCUT2D eigenvalue weighted by Gasteiger charge is -2.20. The van der Waals surface area contributed by atoms with Gasteiger partial charge in [-0.1, -0.05) is 13.0 Å². The van der Waals surface area contributed by atoms with Crippen LogP contribution in [-0.2, 0) is 6.54 Å². The van der Waals surface area contributed by atoms with Gasteiger partial charge in [-0.05, 0) is 36.8 Å². The minimum absolute atomic E-state index is 0.165. The number of hydrogen-bond donors (Lipinski definition) is 1. The number of anilines is 1. The summed E-state index contributed by atoms with van der Waals surface area (Å²) in [4.78, 5) is 13.2. The maximum Gasteiger partial charge on any atom is 0.292 e. The maximum atomic E-state index is 11.1. The van der Waals surface area contributed by atoms with Crippen molar-refractivity contribution < 1.29 is 4.92 Å². The zero-order valence-electron chi connectivity index (χ0n) is 12.5. The van der Waals surface area contributed by atoms with Crippen LogP contribution < -0.4 is 5.32 Å². The summed E-state index contributed by atoms with van der Waals surface area (Å²) in [5.74, 6) is 2.41. The first-order valence-electron chi connectivity index (χ1n) is 7.52. The molecule has 1 N–H and O–H groups in total. The van der Waals surface area contributed by atoms with Crippen molar-refractivity contribution in [1.82, 2.24) is 4.90 Å². The molecule has 1 fully saturated rings. The van der Waals surface area contributed by atoms with Crippen molar-refractivity contribution in [1.29, 1.82) is 0 Å². The van der Waals surface area contributed by atoms with Crippen LogP contribution in [0.4, 0.5) is 11.4 Å². The number of hydrogen-bond acceptors (Lipinski definition) is 5. The zero-order valence-corrected chi connectivity index (χ0v) is 13.3. The van der Waals surface area contributed by atoms with E-state index in [9.17, 15) is 10.1 Å². The smallest absolute Gasteiger partial charge is 0.292 e. The van der Waals surface area contributed by atoms with Crippen LogP contribution in [0.5, 0.6) is 0 Å². The molecule has 1 aromatic carbocycles. The highest BCUT2D eigenvalue weighted by Crippen LogP contribution is 2.26. The molecular formula is C15H23N3O2S. The average molecular weight is 309 g/mol. The van der Waals surface area contributed by atoms with Crippen LogP contribution in [-0.4, -0.2) is 41.0 Å². The summed E-state index contributed by atoms with van der Waals surface area (Å²) in [6, 6.07) is 5.44. The Morgan fingerprint density at radius 2 is 2.24 bits per heavy atom. The first kappa shape index (κ1) is 16.1. The molecule has 0 saturated carbocycles. The molecule has 0 aromatic heterocycles. The fourth-order valence-electron chi connectivity index (χ4n) is 2.46. The van der Waals surface area contributed by atoms with E-state index in [4.69, 9.17) is 0 Å². The largest absolute Gasteiger partial charge is 0.379 e. The van der Waals surface area contributed by atoms with Gasteiger partial charge in [0.1, 0.15) is 5.69 Å². The molecule has 1 aliphatic heterocycles.